The lowest BCUT2D eigenvalue weighted by Gasteiger charge is -2.16. The fraction of sp³-hybridized carbons (Fsp3) is 0.263. The van der Waals surface area contributed by atoms with Gasteiger partial charge < -0.3 is 24.8 Å². The monoisotopic (exact) mass is 412 g/mol. The fourth-order valence-electron chi connectivity index (χ4n) is 2.57. The van der Waals surface area contributed by atoms with E-state index in [0.29, 0.717) is 0 Å². The number of anilines is 2. The highest BCUT2D eigenvalue weighted by atomic mass is 19.4. The lowest BCUT2D eigenvalue weighted by molar-refractivity contribution is -0.136. The number of nitrogens with one attached hydrogen (secondary N) is 2. The Balaban J connectivity index is 2.39. The number of hydrogen-bond donors (Lipinski definition) is 2. The maximum atomic E-state index is 13.3. The second-order valence-corrected chi connectivity index (χ2v) is 5.81. The van der Waals surface area contributed by atoms with Crippen molar-refractivity contribution >= 4 is 23.2 Å². The molecule has 0 aliphatic carbocycles. The van der Waals surface area contributed by atoms with Crippen molar-refractivity contribution in [2.45, 2.75) is 13.1 Å². The van der Waals surface area contributed by atoms with Crippen LogP contribution in [0.4, 0.5) is 24.5 Å². The first-order chi connectivity index (χ1) is 13.6. The van der Waals surface area contributed by atoms with Crippen LogP contribution in [-0.4, -0.2) is 33.1 Å². The summed E-state index contributed by atoms with van der Waals surface area (Å²) >= 11 is 0. The van der Waals surface area contributed by atoms with Crippen LogP contribution in [0.2, 0.25) is 0 Å². The van der Waals surface area contributed by atoms with E-state index < -0.39 is 29.2 Å². The Morgan fingerprint density at radius 1 is 0.897 bits per heavy atom. The predicted octanol–water partition coefficient (Wildman–Crippen LogP) is 3.94. The van der Waals surface area contributed by atoms with Crippen molar-refractivity contribution in [3.8, 4) is 17.2 Å². The SMILES string of the molecule is COc1cc(C(=O)Nc2ccc(NC(C)=O)c(C(F)(F)F)c2)cc(OC)c1OC. The molecule has 0 atom stereocenters. The summed E-state index contributed by atoms with van der Waals surface area (Å²) in [6, 6.07) is 5.78. The second-order valence-electron chi connectivity index (χ2n) is 5.81. The summed E-state index contributed by atoms with van der Waals surface area (Å²) in [6.07, 6.45) is -4.73. The van der Waals surface area contributed by atoms with E-state index in [1.165, 1.54) is 39.5 Å². The van der Waals surface area contributed by atoms with E-state index in [-0.39, 0.29) is 28.5 Å². The molecule has 0 aliphatic heterocycles. The Labute approximate surface area is 164 Å². The molecule has 0 heterocycles. The van der Waals surface area contributed by atoms with Crippen LogP contribution in [0.15, 0.2) is 30.3 Å². The number of alkyl halides is 3. The first-order valence-corrected chi connectivity index (χ1v) is 8.21. The average molecular weight is 412 g/mol. The van der Waals surface area contributed by atoms with Crippen molar-refractivity contribution in [2.24, 2.45) is 0 Å². The van der Waals surface area contributed by atoms with Gasteiger partial charge in [0.2, 0.25) is 11.7 Å². The molecule has 2 N–H and O–H groups in total. The topological polar surface area (TPSA) is 85.9 Å². The third kappa shape index (κ3) is 5.09. The van der Waals surface area contributed by atoms with E-state index in [1.54, 1.807) is 0 Å². The van der Waals surface area contributed by atoms with Crippen LogP contribution < -0.4 is 24.8 Å². The molecule has 7 nitrogen and oxygen atoms in total. The lowest BCUT2D eigenvalue weighted by atomic mass is 10.1. The van der Waals surface area contributed by atoms with Crippen LogP contribution in [0.1, 0.15) is 22.8 Å². The molecule has 0 aliphatic rings. The van der Waals surface area contributed by atoms with Crippen molar-refractivity contribution in [1.29, 1.82) is 0 Å². The average Bonchev–Trinajstić information content (AvgIpc) is 2.66. The van der Waals surface area contributed by atoms with Gasteiger partial charge in [-0.3, -0.25) is 9.59 Å². The maximum Gasteiger partial charge on any atom is 0.418 e. The highest BCUT2D eigenvalue weighted by Gasteiger charge is 2.34. The van der Waals surface area contributed by atoms with Crippen molar-refractivity contribution in [3.63, 3.8) is 0 Å². The van der Waals surface area contributed by atoms with Crippen molar-refractivity contribution in [3.05, 3.63) is 41.5 Å². The molecule has 0 fully saturated rings. The molecule has 0 spiro atoms. The molecule has 29 heavy (non-hydrogen) atoms. The zero-order valence-electron chi connectivity index (χ0n) is 16.1. The normalized spacial score (nSPS) is 10.9. The Bertz CT molecular complexity index is 904. The summed E-state index contributed by atoms with van der Waals surface area (Å²) in [7, 11) is 4.14. The van der Waals surface area contributed by atoms with Crippen LogP contribution in [0.25, 0.3) is 0 Å². The van der Waals surface area contributed by atoms with E-state index in [1.807, 2.05) is 0 Å². The number of methoxy groups -OCH3 is 3. The standard InChI is InChI=1S/C19H19F3N2O5/c1-10(25)23-14-6-5-12(9-13(14)19(20,21)22)24-18(26)11-7-15(27-2)17(29-4)16(8-11)28-3/h5-9H,1-4H3,(H,23,25)(H,24,26). The Morgan fingerprint density at radius 2 is 1.48 bits per heavy atom. The van der Waals surface area contributed by atoms with Gasteiger partial charge in [-0.1, -0.05) is 0 Å². The summed E-state index contributed by atoms with van der Waals surface area (Å²) in [6.45, 7) is 1.10. The van der Waals surface area contributed by atoms with Gasteiger partial charge in [0.15, 0.2) is 11.5 Å². The van der Waals surface area contributed by atoms with E-state index in [4.69, 9.17) is 14.2 Å². The molecular formula is C19H19F3N2O5. The molecule has 0 saturated heterocycles. The molecule has 2 amide bonds. The highest BCUT2D eigenvalue weighted by Crippen LogP contribution is 2.39. The maximum absolute atomic E-state index is 13.3. The van der Waals surface area contributed by atoms with Crippen molar-refractivity contribution in [2.75, 3.05) is 32.0 Å². The van der Waals surface area contributed by atoms with Crippen LogP contribution >= 0.6 is 0 Å². The summed E-state index contributed by atoms with van der Waals surface area (Å²) < 4.78 is 55.4. The smallest absolute Gasteiger partial charge is 0.418 e. The third-order valence-electron chi connectivity index (χ3n) is 3.82. The van der Waals surface area contributed by atoms with E-state index >= 15 is 0 Å². The Morgan fingerprint density at radius 3 is 1.93 bits per heavy atom. The minimum Gasteiger partial charge on any atom is -0.493 e. The first-order valence-electron chi connectivity index (χ1n) is 8.21. The number of hydrogen-bond acceptors (Lipinski definition) is 5. The van der Waals surface area contributed by atoms with Gasteiger partial charge >= 0.3 is 6.18 Å². The first kappa shape index (κ1) is 21.9. The summed E-state index contributed by atoms with van der Waals surface area (Å²) in [5.74, 6) is -0.636. The van der Waals surface area contributed by atoms with Gasteiger partial charge in [-0.15, -0.1) is 0 Å². The summed E-state index contributed by atoms with van der Waals surface area (Å²) in [5.41, 5.74) is -1.52. The highest BCUT2D eigenvalue weighted by molar-refractivity contribution is 6.05. The lowest BCUT2D eigenvalue weighted by Crippen LogP contribution is -2.16. The van der Waals surface area contributed by atoms with Crippen LogP contribution in [0.3, 0.4) is 0 Å². The van der Waals surface area contributed by atoms with Gasteiger partial charge in [0, 0.05) is 18.2 Å². The number of benzene rings is 2. The number of ether oxygens (including phenoxy) is 3. The molecule has 0 saturated carbocycles. The van der Waals surface area contributed by atoms with Gasteiger partial charge in [-0.05, 0) is 30.3 Å². The molecule has 0 bridgehead atoms. The Kier molecular flexibility index (Phi) is 6.57. The Hall–Kier alpha value is -3.43. The van der Waals surface area contributed by atoms with E-state index in [2.05, 4.69) is 10.6 Å². The molecule has 2 aromatic carbocycles. The summed E-state index contributed by atoms with van der Waals surface area (Å²) in [5, 5.41) is 4.50. The molecule has 2 rings (SSSR count). The van der Waals surface area contributed by atoms with Crippen molar-refractivity contribution < 1.29 is 37.0 Å². The number of carbonyl (C=O) groups is 2. The molecule has 156 valence electrons. The summed E-state index contributed by atoms with van der Waals surface area (Å²) in [4.78, 5) is 23.7. The molecule has 2 aromatic rings. The van der Waals surface area contributed by atoms with Crippen molar-refractivity contribution in [1.82, 2.24) is 0 Å². The third-order valence-corrected chi connectivity index (χ3v) is 3.82. The van der Waals surface area contributed by atoms with Crippen LogP contribution in [0, 0.1) is 0 Å². The largest absolute Gasteiger partial charge is 0.493 e. The van der Waals surface area contributed by atoms with Gasteiger partial charge in [0.05, 0.1) is 32.6 Å². The zero-order valence-corrected chi connectivity index (χ0v) is 16.1. The van der Waals surface area contributed by atoms with Crippen LogP contribution in [0.5, 0.6) is 17.2 Å². The van der Waals surface area contributed by atoms with Gasteiger partial charge in [-0.25, -0.2) is 0 Å². The van der Waals surface area contributed by atoms with Crippen LogP contribution in [-0.2, 0) is 11.0 Å². The number of halogens is 3. The quantitative estimate of drug-likeness (QED) is 0.751. The minimum absolute atomic E-state index is 0.0824. The van der Waals surface area contributed by atoms with Gasteiger partial charge in [0.25, 0.3) is 5.91 Å². The number of carbonyl (C=O) groups excluding carboxylic acids is 2. The molecular weight excluding hydrogens is 393 g/mol. The zero-order chi connectivity index (χ0) is 21.8. The molecule has 0 radical (unpaired) electrons. The molecule has 0 unspecified atom stereocenters. The predicted molar refractivity (Wildman–Crippen MR) is 99.8 cm³/mol. The van der Waals surface area contributed by atoms with E-state index in [0.717, 1.165) is 19.1 Å². The van der Waals surface area contributed by atoms with Gasteiger partial charge in [0.1, 0.15) is 0 Å². The van der Waals surface area contributed by atoms with Gasteiger partial charge in [-0.2, -0.15) is 13.2 Å². The second kappa shape index (κ2) is 8.72. The number of amides is 2. The molecule has 0 aromatic heterocycles. The number of rotatable bonds is 6. The minimum atomic E-state index is -4.73. The molecule has 10 heteroatoms. The fourth-order valence-corrected chi connectivity index (χ4v) is 2.57. The van der Waals surface area contributed by atoms with E-state index in [9.17, 15) is 22.8 Å².